The number of carboxylic acids is 1. The molecule has 0 saturated carbocycles. The summed E-state index contributed by atoms with van der Waals surface area (Å²) in [5.41, 5.74) is 2.54. The second-order valence-electron chi connectivity index (χ2n) is 5.77. The lowest BCUT2D eigenvalue weighted by Crippen LogP contribution is -2.06. The van der Waals surface area contributed by atoms with Crippen molar-refractivity contribution in [3.05, 3.63) is 76.9 Å². The summed E-state index contributed by atoms with van der Waals surface area (Å²) < 4.78 is 1.78. The lowest BCUT2D eigenvalue weighted by molar-refractivity contribution is 0.0698. The van der Waals surface area contributed by atoms with Crippen molar-refractivity contribution in [2.24, 2.45) is 0 Å². The van der Waals surface area contributed by atoms with Gasteiger partial charge in [0.1, 0.15) is 0 Å². The summed E-state index contributed by atoms with van der Waals surface area (Å²) in [7, 11) is 0. The molecule has 2 aromatic carbocycles. The zero-order chi connectivity index (χ0) is 19.0. The van der Waals surface area contributed by atoms with Gasteiger partial charge in [-0.1, -0.05) is 23.2 Å². The second kappa shape index (κ2) is 6.90. The number of halogens is 2. The average molecular weight is 399 g/mol. The highest BCUT2D eigenvalue weighted by molar-refractivity contribution is 6.31. The molecule has 0 aliphatic rings. The van der Waals surface area contributed by atoms with Crippen molar-refractivity contribution in [1.29, 1.82) is 0 Å². The summed E-state index contributed by atoms with van der Waals surface area (Å²) in [5.74, 6) is -1.08. The van der Waals surface area contributed by atoms with Gasteiger partial charge < -0.3 is 15.0 Å². The lowest BCUT2D eigenvalue weighted by atomic mass is 10.1. The van der Waals surface area contributed by atoms with E-state index in [9.17, 15) is 9.90 Å². The minimum atomic E-state index is -1.08. The summed E-state index contributed by atoms with van der Waals surface area (Å²) in [6, 6.07) is 10.00. The maximum atomic E-state index is 11.6. The van der Waals surface area contributed by atoms with Crippen LogP contribution in [0.1, 0.15) is 10.4 Å². The minimum absolute atomic E-state index is 0.0612. The summed E-state index contributed by atoms with van der Waals surface area (Å²) in [6.45, 7) is 0. The van der Waals surface area contributed by atoms with E-state index < -0.39 is 5.97 Å². The summed E-state index contributed by atoms with van der Waals surface area (Å²) in [6.07, 6.45) is 6.75. The van der Waals surface area contributed by atoms with Crippen molar-refractivity contribution >= 4 is 51.4 Å². The SMILES string of the molecule is O=C(O)c1cc(Cl)ccc1Nc1c(-n2ccnc2)cnc2ccc(Cl)cc12. The van der Waals surface area contributed by atoms with Crippen LogP contribution in [0.4, 0.5) is 11.4 Å². The van der Waals surface area contributed by atoms with Crippen molar-refractivity contribution in [2.45, 2.75) is 0 Å². The zero-order valence-corrected chi connectivity index (χ0v) is 15.2. The van der Waals surface area contributed by atoms with Gasteiger partial charge in [-0.05, 0) is 36.4 Å². The number of aromatic nitrogens is 3. The van der Waals surface area contributed by atoms with Gasteiger partial charge in [0.05, 0.1) is 40.7 Å². The van der Waals surface area contributed by atoms with Crippen LogP contribution >= 0.6 is 23.2 Å². The smallest absolute Gasteiger partial charge is 0.337 e. The number of aromatic carboxylic acids is 1. The fraction of sp³-hybridized carbons (Fsp3) is 0. The molecule has 134 valence electrons. The molecule has 0 saturated heterocycles. The molecule has 2 heterocycles. The predicted octanol–water partition coefficient (Wildman–Crippen LogP) is 5.17. The Morgan fingerprint density at radius 3 is 2.63 bits per heavy atom. The Kier molecular flexibility index (Phi) is 4.43. The number of imidazole rings is 1. The first-order chi connectivity index (χ1) is 13.0. The van der Waals surface area contributed by atoms with E-state index in [1.807, 2.05) is 0 Å². The highest BCUT2D eigenvalue weighted by Crippen LogP contribution is 2.34. The van der Waals surface area contributed by atoms with Crippen LogP contribution in [0.25, 0.3) is 16.6 Å². The number of carboxylic acid groups (broad SMARTS) is 1. The number of nitrogens with one attached hydrogen (secondary N) is 1. The molecule has 2 N–H and O–H groups in total. The molecule has 0 fully saturated rings. The van der Waals surface area contributed by atoms with Gasteiger partial charge in [0.2, 0.25) is 0 Å². The number of benzene rings is 2. The van der Waals surface area contributed by atoms with Crippen LogP contribution in [0.2, 0.25) is 10.0 Å². The molecule has 2 aromatic heterocycles. The Morgan fingerprint density at radius 1 is 1.11 bits per heavy atom. The maximum absolute atomic E-state index is 11.6. The van der Waals surface area contributed by atoms with Crippen molar-refractivity contribution in [2.75, 3.05) is 5.32 Å². The van der Waals surface area contributed by atoms with Crippen LogP contribution in [0, 0.1) is 0 Å². The Labute approximate surface area is 164 Å². The number of fused-ring (bicyclic) bond motifs is 1. The molecule has 0 unspecified atom stereocenters. The average Bonchev–Trinajstić information content (AvgIpc) is 3.17. The molecule has 6 nitrogen and oxygen atoms in total. The molecule has 4 rings (SSSR count). The highest BCUT2D eigenvalue weighted by Gasteiger charge is 2.16. The number of anilines is 2. The van der Waals surface area contributed by atoms with E-state index >= 15 is 0 Å². The van der Waals surface area contributed by atoms with E-state index in [0.717, 1.165) is 10.9 Å². The van der Waals surface area contributed by atoms with Gasteiger partial charge in [-0.25, -0.2) is 9.78 Å². The van der Waals surface area contributed by atoms with Gasteiger partial charge in [0.25, 0.3) is 0 Å². The van der Waals surface area contributed by atoms with Gasteiger partial charge in [-0.3, -0.25) is 4.98 Å². The number of carbonyl (C=O) groups is 1. The quantitative estimate of drug-likeness (QED) is 0.495. The van der Waals surface area contributed by atoms with Crippen molar-refractivity contribution in [1.82, 2.24) is 14.5 Å². The normalized spacial score (nSPS) is 10.9. The topological polar surface area (TPSA) is 80.0 Å². The van der Waals surface area contributed by atoms with E-state index in [1.54, 1.807) is 59.8 Å². The third-order valence-electron chi connectivity index (χ3n) is 4.06. The molecular formula is C19H12Cl2N4O2. The fourth-order valence-corrected chi connectivity index (χ4v) is 3.16. The minimum Gasteiger partial charge on any atom is -0.478 e. The first kappa shape index (κ1) is 17.3. The molecule has 8 heteroatoms. The van der Waals surface area contributed by atoms with E-state index in [4.69, 9.17) is 23.2 Å². The fourth-order valence-electron chi connectivity index (χ4n) is 2.82. The van der Waals surface area contributed by atoms with Crippen LogP contribution in [0.5, 0.6) is 0 Å². The van der Waals surface area contributed by atoms with Crippen molar-refractivity contribution < 1.29 is 9.90 Å². The molecule has 0 amide bonds. The van der Waals surface area contributed by atoms with E-state index in [-0.39, 0.29) is 5.56 Å². The highest BCUT2D eigenvalue weighted by atomic mass is 35.5. The first-order valence-corrected chi connectivity index (χ1v) is 8.65. The summed E-state index contributed by atoms with van der Waals surface area (Å²) in [5, 5.41) is 14.4. The number of nitrogens with zero attached hydrogens (tertiary/aromatic N) is 3. The van der Waals surface area contributed by atoms with Gasteiger partial charge in [0.15, 0.2) is 0 Å². The molecular weight excluding hydrogens is 387 g/mol. The third kappa shape index (κ3) is 3.32. The van der Waals surface area contributed by atoms with E-state index in [0.29, 0.717) is 27.1 Å². The second-order valence-corrected chi connectivity index (χ2v) is 6.64. The Balaban J connectivity index is 1.96. The zero-order valence-electron chi connectivity index (χ0n) is 13.7. The summed E-state index contributed by atoms with van der Waals surface area (Å²) in [4.78, 5) is 20.2. The van der Waals surface area contributed by atoms with Gasteiger partial charge in [-0.2, -0.15) is 0 Å². The standard InChI is InChI=1S/C19H12Cl2N4O2/c20-11-1-3-15-13(7-11)18(17(9-23-15)25-6-5-22-10-25)24-16-4-2-12(21)8-14(16)19(26)27/h1-10H,(H,23,24)(H,26,27). The molecule has 0 aliphatic carbocycles. The van der Waals surface area contributed by atoms with Crippen LogP contribution in [0.15, 0.2) is 61.3 Å². The molecule has 0 radical (unpaired) electrons. The number of pyridine rings is 1. The third-order valence-corrected chi connectivity index (χ3v) is 4.53. The first-order valence-electron chi connectivity index (χ1n) is 7.89. The Hall–Kier alpha value is -3.09. The van der Waals surface area contributed by atoms with Gasteiger partial charge >= 0.3 is 5.97 Å². The lowest BCUT2D eigenvalue weighted by Gasteiger charge is -2.17. The molecule has 0 spiro atoms. The van der Waals surface area contributed by atoms with Gasteiger partial charge in [0, 0.05) is 27.8 Å². The van der Waals surface area contributed by atoms with E-state index in [1.165, 1.54) is 6.07 Å². The molecule has 0 aliphatic heterocycles. The monoisotopic (exact) mass is 398 g/mol. The molecule has 0 atom stereocenters. The maximum Gasteiger partial charge on any atom is 0.337 e. The number of hydrogen-bond donors (Lipinski definition) is 2. The number of rotatable bonds is 4. The summed E-state index contributed by atoms with van der Waals surface area (Å²) >= 11 is 12.1. The van der Waals surface area contributed by atoms with Crippen LogP contribution in [-0.4, -0.2) is 25.6 Å². The van der Waals surface area contributed by atoms with Crippen LogP contribution in [0.3, 0.4) is 0 Å². The predicted molar refractivity (Wildman–Crippen MR) is 106 cm³/mol. The Bertz CT molecular complexity index is 1160. The molecule has 4 aromatic rings. The molecule has 0 bridgehead atoms. The van der Waals surface area contributed by atoms with Crippen LogP contribution < -0.4 is 5.32 Å². The van der Waals surface area contributed by atoms with Crippen LogP contribution in [-0.2, 0) is 0 Å². The van der Waals surface area contributed by atoms with Crippen molar-refractivity contribution in [3.8, 4) is 5.69 Å². The van der Waals surface area contributed by atoms with E-state index in [2.05, 4.69) is 15.3 Å². The Morgan fingerprint density at radius 2 is 1.89 bits per heavy atom. The molecule has 27 heavy (non-hydrogen) atoms. The number of hydrogen-bond acceptors (Lipinski definition) is 4. The van der Waals surface area contributed by atoms with Crippen molar-refractivity contribution in [3.63, 3.8) is 0 Å². The largest absolute Gasteiger partial charge is 0.478 e. The van der Waals surface area contributed by atoms with Gasteiger partial charge in [-0.15, -0.1) is 0 Å².